The minimum Gasteiger partial charge on any atom is -0.252 e. The van der Waals surface area contributed by atoms with E-state index in [1.807, 2.05) is 38.1 Å². The van der Waals surface area contributed by atoms with Gasteiger partial charge in [-0.25, -0.2) is 0 Å². The van der Waals surface area contributed by atoms with Crippen LogP contribution >= 0.6 is 0 Å². The number of fused-ring (bicyclic) bond motifs is 1. The molecule has 2 aromatic rings. The van der Waals surface area contributed by atoms with Crippen LogP contribution in [0.5, 0.6) is 0 Å². The van der Waals surface area contributed by atoms with E-state index in [-0.39, 0.29) is 5.41 Å². The molecule has 1 aliphatic heterocycles. The fourth-order valence-corrected chi connectivity index (χ4v) is 2.73. The number of benzene rings is 2. The van der Waals surface area contributed by atoms with Gasteiger partial charge in [-0.3, -0.25) is 4.99 Å². The fourth-order valence-electron chi connectivity index (χ4n) is 2.73. The molecule has 108 valence electrons. The quantitative estimate of drug-likeness (QED) is 0.691. The Bertz CT molecular complexity index is 710. The smallest absolute Gasteiger partial charge is 0.252 e. The number of alkyl halides is 3. The van der Waals surface area contributed by atoms with Gasteiger partial charge in [-0.2, -0.15) is 13.2 Å². The molecule has 0 saturated carbocycles. The number of hydrogen-bond acceptors (Lipinski definition) is 1. The van der Waals surface area contributed by atoms with E-state index < -0.39 is 11.7 Å². The van der Waals surface area contributed by atoms with E-state index in [4.69, 9.17) is 0 Å². The van der Waals surface area contributed by atoms with Crippen LogP contribution in [-0.4, -0.2) is 5.71 Å². The van der Waals surface area contributed by atoms with Gasteiger partial charge in [0.15, 0.2) is 0 Å². The van der Waals surface area contributed by atoms with Gasteiger partial charge in [0.05, 0.1) is 17.0 Å². The standard InChI is InChI=1S/C17H14F3N/c1-16(2)13-5-3-4-6-14(13)21-15(16)11-7-9-12(10-8-11)17(18,19)20/h3-10H,1-2H3. The number of hydrogen-bond donors (Lipinski definition) is 0. The molecule has 1 heterocycles. The summed E-state index contributed by atoms with van der Waals surface area (Å²) in [4.78, 5) is 4.60. The predicted octanol–water partition coefficient (Wildman–Crippen LogP) is 5.12. The molecule has 0 N–H and O–H groups in total. The van der Waals surface area contributed by atoms with E-state index in [0.29, 0.717) is 0 Å². The molecule has 0 aliphatic carbocycles. The summed E-state index contributed by atoms with van der Waals surface area (Å²) in [5.74, 6) is 0. The first-order chi connectivity index (χ1) is 9.80. The van der Waals surface area contributed by atoms with Crippen LogP contribution in [0.4, 0.5) is 18.9 Å². The molecule has 0 amide bonds. The molecule has 2 aromatic carbocycles. The molecule has 0 unspecified atom stereocenters. The van der Waals surface area contributed by atoms with E-state index in [2.05, 4.69) is 4.99 Å². The van der Waals surface area contributed by atoms with Crippen LogP contribution in [0.3, 0.4) is 0 Å². The van der Waals surface area contributed by atoms with Crippen molar-refractivity contribution in [2.24, 2.45) is 4.99 Å². The fraction of sp³-hybridized carbons (Fsp3) is 0.235. The van der Waals surface area contributed by atoms with Gasteiger partial charge in [0.25, 0.3) is 0 Å². The highest BCUT2D eigenvalue weighted by Gasteiger charge is 2.36. The van der Waals surface area contributed by atoms with Crippen molar-refractivity contribution < 1.29 is 13.2 Å². The Morgan fingerprint density at radius 2 is 1.52 bits per heavy atom. The zero-order valence-electron chi connectivity index (χ0n) is 11.7. The Morgan fingerprint density at radius 3 is 2.10 bits per heavy atom. The lowest BCUT2D eigenvalue weighted by atomic mass is 9.79. The largest absolute Gasteiger partial charge is 0.416 e. The van der Waals surface area contributed by atoms with Gasteiger partial charge in [0.1, 0.15) is 0 Å². The molecule has 0 spiro atoms. The summed E-state index contributed by atoms with van der Waals surface area (Å²) in [5, 5.41) is 0. The average molecular weight is 289 g/mol. The number of nitrogens with zero attached hydrogens (tertiary/aromatic N) is 1. The van der Waals surface area contributed by atoms with Crippen molar-refractivity contribution in [2.75, 3.05) is 0 Å². The van der Waals surface area contributed by atoms with E-state index in [9.17, 15) is 13.2 Å². The molecule has 0 radical (unpaired) electrons. The highest BCUT2D eigenvalue weighted by Crippen LogP contribution is 2.42. The molecule has 0 aromatic heterocycles. The maximum atomic E-state index is 12.6. The monoisotopic (exact) mass is 289 g/mol. The normalized spacial score (nSPS) is 16.5. The average Bonchev–Trinajstić information content (AvgIpc) is 2.70. The third kappa shape index (κ3) is 2.24. The molecule has 0 bridgehead atoms. The number of para-hydroxylation sites is 1. The maximum Gasteiger partial charge on any atom is 0.416 e. The Hall–Kier alpha value is -2.10. The Morgan fingerprint density at radius 1 is 0.905 bits per heavy atom. The molecule has 1 aliphatic rings. The molecular weight excluding hydrogens is 275 g/mol. The summed E-state index contributed by atoms with van der Waals surface area (Å²) in [5.41, 5.74) is 2.56. The van der Waals surface area contributed by atoms with Crippen LogP contribution in [0.25, 0.3) is 0 Å². The van der Waals surface area contributed by atoms with Crippen molar-refractivity contribution in [3.05, 3.63) is 65.2 Å². The zero-order valence-corrected chi connectivity index (χ0v) is 11.7. The predicted molar refractivity (Wildman–Crippen MR) is 77.1 cm³/mol. The molecule has 1 nitrogen and oxygen atoms in total. The van der Waals surface area contributed by atoms with Gasteiger partial charge in [-0.05, 0) is 29.3 Å². The first-order valence-electron chi connectivity index (χ1n) is 6.66. The van der Waals surface area contributed by atoms with Crippen molar-refractivity contribution >= 4 is 11.4 Å². The van der Waals surface area contributed by atoms with E-state index in [1.54, 1.807) is 0 Å². The highest BCUT2D eigenvalue weighted by atomic mass is 19.4. The SMILES string of the molecule is CC1(C)C(c2ccc(C(F)(F)F)cc2)=Nc2ccccc21. The van der Waals surface area contributed by atoms with Gasteiger partial charge < -0.3 is 0 Å². The van der Waals surface area contributed by atoms with Crippen molar-refractivity contribution in [1.82, 2.24) is 0 Å². The Balaban J connectivity index is 2.03. The highest BCUT2D eigenvalue weighted by molar-refractivity contribution is 6.12. The molecule has 0 saturated heterocycles. The first kappa shape index (κ1) is 13.9. The molecule has 0 atom stereocenters. The maximum absolute atomic E-state index is 12.6. The topological polar surface area (TPSA) is 12.4 Å². The van der Waals surface area contributed by atoms with E-state index in [1.165, 1.54) is 12.1 Å². The lowest BCUT2D eigenvalue weighted by Crippen LogP contribution is -2.26. The first-order valence-corrected chi connectivity index (χ1v) is 6.66. The summed E-state index contributed by atoms with van der Waals surface area (Å²) >= 11 is 0. The third-order valence-electron chi connectivity index (χ3n) is 3.89. The Kier molecular flexibility index (Phi) is 2.94. The van der Waals surface area contributed by atoms with Crippen LogP contribution in [0.2, 0.25) is 0 Å². The van der Waals surface area contributed by atoms with Gasteiger partial charge in [0, 0.05) is 5.41 Å². The molecule has 0 fully saturated rings. The van der Waals surface area contributed by atoms with Crippen molar-refractivity contribution in [1.29, 1.82) is 0 Å². The molecular formula is C17H14F3N. The minimum atomic E-state index is -4.31. The second-order valence-corrected chi connectivity index (χ2v) is 5.68. The van der Waals surface area contributed by atoms with Crippen molar-refractivity contribution in [3.8, 4) is 0 Å². The van der Waals surface area contributed by atoms with Gasteiger partial charge in [-0.15, -0.1) is 0 Å². The lowest BCUT2D eigenvalue weighted by molar-refractivity contribution is -0.137. The van der Waals surface area contributed by atoms with E-state index in [0.717, 1.165) is 34.7 Å². The van der Waals surface area contributed by atoms with Gasteiger partial charge in [0.2, 0.25) is 0 Å². The third-order valence-corrected chi connectivity index (χ3v) is 3.89. The minimum absolute atomic E-state index is 0.309. The summed E-state index contributed by atoms with van der Waals surface area (Å²) < 4.78 is 37.9. The lowest BCUT2D eigenvalue weighted by Gasteiger charge is -2.22. The molecule has 3 rings (SSSR count). The van der Waals surface area contributed by atoms with Crippen LogP contribution in [0, 0.1) is 0 Å². The second kappa shape index (κ2) is 4.45. The summed E-state index contributed by atoms with van der Waals surface area (Å²) in [6, 6.07) is 13.0. The van der Waals surface area contributed by atoms with Crippen molar-refractivity contribution in [2.45, 2.75) is 25.4 Å². The van der Waals surface area contributed by atoms with Crippen LogP contribution in [0.1, 0.15) is 30.5 Å². The number of rotatable bonds is 1. The zero-order chi connectivity index (χ0) is 15.3. The van der Waals surface area contributed by atoms with Crippen LogP contribution in [-0.2, 0) is 11.6 Å². The summed E-state index contributed by atoms with van der Waals surface area (Å²) in [6.45, 7) is 4.07. The van der Waals surface area contributed by atoms with Crippen molar-refractivity contribution in [3.63, 3.8) is 0 Å². The van der Waals surface area contributed by atoms with Gasteiger partial charge in [-0.1, -0.05) is 44.2 Å². The Labute approximate surface area is 121 Å². The van der Waals surface area contributed by atoms with Crippen LogP contribution < -0.4 is 0 Å². The number of halogens is 3. The van der Waals surface area contributed by atoms with E-state index >= 15 is 0 Å². The molecule has 21 heavy (non-hydrogen) atoms. The second-order valence-electron chi connectivity index (χ2n) is 5.68. The van der Waals surface area contributed by atoms with Crippen LogP contribution in [0.15, 0.2) is 53.5 Å². The number of aliphatic imine (C=N–C) groups is 1. The summed E-state index contributed by atoms with van der Waals surface area (Å²) in [7, 11) is 0. The van der Waals surface area contributed by atoms with Gasteiger partial charge >= 0.3 is 6.18 Å². The molecule has 4 heteroatoms. The summed E-state index contributed by atoms with van der Waals surface area (Å²) in [6.07, 6.45) is -4.31.